The first kappa shape index (κ1) is 17.0. The second kappa shape index (κ2) is 6.96. The molecule has 1 saturated carbocycles. The fourth-order valence-corrected chi connectivity index (χ4v) is 4.97. The molecule has 2 saturated heterocycles. The highest BCUT2D eigenvalue weighted by Gasteiger charge is 2.42. The lowest BCUT2D eigenvalue weighted by Gasteiger charge is -2.38. The Morgan fingerprint density at radius 1 is 1.09 bits per heavy atom. The lowest BCUT2D eigenvalue weighted by atomic mass is 9.85. The topological polar surface area (TPSA) is 23.6 Å². The average molecular weight is 347 g/mol. The third-order valence-electron chi connectivity index (χ3n) is 5.88. The Labute approximate surface area is 144 Å². The smallest absolute Gasteiger partial charge is 0.150 e. The van der Waals surface area contributed by atoms with Gasteiger partial charge in [-0.25, -0.2) is 0 Å². The monoisotopic (exact) mass is 346 g/mol. The molecule has 6 atom stereocenters. The standard InChI is InChI=1S/C17H28Cl2N2O/c1-11-5-6-20-9-12(2)21(17(20)7-11)10-16(22)13-3-4-14(18)15(19)8-13/h11-15,17H,3-10H2,1-2H3. The molecule has 3 nitrogen and oxygen atoms in total. The van der Waals surface area contributed by atoms with Crippen LogP contribution in [0, 0.1) is 11.8 Å². The second-order valence-electron chi connectivity index (χ2n) is 7.63. The number of halogens is 2. The van der Waals surface area contributed by atoms with Crippen molar-refractivity contribution in [3.63, 3.8) is 0 Å². The number of carbonyl (C=O) groups is 1. The van der Waals surface area contributed by atoms with Crippen molar-refractivity contribution in [3.8, 4) is 0 Å². The summed E-state index contributed by atoms with van der Waals surface area (Å²) in [5, 5.41) is -0.0160. The van der Waals surface area contributed by atoms with E-state index in [0.717, 1.165) is 31.7 Å². The first-order valence-corrected chi connectivity index (χ1v) is 9.63. The number of Topliss-reactive ketones (excluding diaryl/α,β-unsaturated/α-hetero) is 1. The Balaban J connectivity index is 1.60. The predicted octanol–water partition coefficient (Wildman–Crippen LogP) is 3.33. The van der Waals surface area contributed by atoms with Gasteiger partial charge in [0.1, 0.15) is 5.78 Å². The molecule has 5 heteroatoms. The minimum atomic E-state index is -0.0495. The van der Waals surface area contributed by atoms with Crippen molar-refractivity contribution in [2.45, 2.75) is 68.9 Å². The zero-order chi connectivity index (χ0) is 15.9. The Hall–Kier alpha value is 0.170. The molecular formula is C17H28Cl2N2O. The van der Waals surface area contributed by atoms with Crippen LogP contribution in [0.1, 0.15) is 46.0 Å². The number of ketones is 1. The molecule has 0 amide bonds. The van der Waals surface area contributed by atoms with Gasteiger partial charge in [0, 0.05) is 23.9 Å². The van der Waals surface area contributed by atoms with E-state index in [1.807, 2.05) is 0 Å². The summed E-state index contributed by atoms with van der Waals surface area (Å²) in [6.45, 7) is 7.48. The first-order valence-electron chi connectivity index (χ1n) is 8.76. The molecule has 22 heavy (non-hydrogen) atoms. The minimum Gasteiger partial charge on any atom is -0.298 e. The molecule has 2 heterocycles. The third-order valence-corrected chi connectivity index (χ3v) is 7.01. The summed E-state index contributed by atoms with van der Waals surface area (Å²) >= 11 is 12.5. The molecule has 3 fully saturated rings. The zero-order valence-electron chi connectivity index (χ0n) is 13.7. The van der Waals surface area contributed by atoms with Gasteiger partial charge in [-0.2, -0.15) is 0 Å². The molecule has 0 spiro atoms. The molecule has 3 rings (SSSR count). The number of hydrogen-bond donors (Lipinski definition) is 0. The van der Waals surface area contributed by atoms with Crippen molar-refractivity contribution in [3.05, 3.63) is 0 Å². The molecule has 126 valence electrons. The van der Waals surface area contributed by atoms with Gasteiger partial charge in [0.2, 0.25) is 0 Å². The molecule has 0 aromatic carbocycles. The average Bonchev–Trinajstić information content (AvgIpc) is 2.78. The van der Waals surface area contributed by atoms with Crippen LogP contribution in [0.25, 0.3) is 0 Å². The molecule has 2 aliphatic heterocycles. The van der Waals surface area contributed by atoms with Crippen molar-refractivity contribution in [1.29, 1.82) is 0 Å². The Morgan fingerprint density at radius 2 is 1.86 bits per heavy atom. The number of fused-ring (bicyclic) bond motifs is 1. The molecule has 0 radical (unpaired) electrons. The molecule has 3 aliphatic rings. The molecule has 6 unspecified atom stereocenters. The van der Waals surface area contributed by atoms with Crippen molar-refractivity contribution in [2.24, 2.45) is 11.8 Å². The summed E-state index contributed by atoms with van der Waals surface area (Å²) < 4.78 is 0. The Morgan fingerprint density at radius 3 is 2.59 bits per heavy atom. The van der Waals surface area contributed by atoms with Crippen LogP contribution in [0.15, 0.2) is 0 Å². The normalized spacial score (nSPS) is 44.0. The number of alkyl halides is 2. The number of rotatable bonds is 3. The maximum atomic E-state index is 12.7. The largest absolute Gasteiger partial charge is 0.298 e. The van der Waals surface area contributed by atoms with Crippen LogP contribution < -0.4 is 0 Å². The molecule has 1 aliphatic carbocycles. The van der Waals surface area contributed by atoms with Gasteiger partial charge in [0.25, 0.3) is 0 Å². The summed E-state index contributed by atoms with van der Waals surface area (Å²) in [6.07, 6.45) is 5.49. The minimum absolute atomic E-state index is 0.0334. The highest BCUT2D eigenvalue weighted by Crippen LogP contribution is 2.34. The van der Waals surface area contributed by atoms with Gasteiger partial charge in [-0.1, -0.05) is 6.92 Å². The van der Waals surface area contributed by atoms with Gasteiger partial charge in [0.15, 0.2) is 0 Å². The molecule has 0 aromatic heterocycles. The summed E-state index contributed by atoms with van der Waals surface area (Å²) in [6, 6.07) is 0.482. The Kier molecular flexibility index (Phi) is 5.38. The molecular weight excluding hydrogens is 319 g/mol. The fraction of sp³-hybridized carbons (Fsp3) is 0.941. The molecule has 0 bridgehead atoms. The molecule has 0 aromatic rings. The van der Waals surface area contributed by atoms with Gasteiger partial charge in [-0.3, -0.25) is 14.6 Å². The molecule has 0 N–H and O–H groups in total. The van der Waals surface area contributed by atoms with Gasteiger partial charge in [-0.15, -0.1) is 23.2 Å². The maximum absolute atomic E-state index is 12.7. The number of nitrogens with zero attached hydrogens (tertiary/aromatic N) is 2. The van der Waals surface area contributed by atoms with Crippen molar-refractivity contribution in [1.82, 2.24) is 9.80 Å². The zero-order valence-corrected chi connectivity index (χ0v) is 15.2. The number of hydrogen-bond acceptors (Lipinski definition) is 3. The van der Waals surface area contributed by atoms with E-state index in [9.17, 15) is 4.79 Å². The summed E-state index contributed by atoms with van der Waals surface area (Å²) in [7, 11) is 0. The van der Waals surface area contributed by atoms with Crippen molar-refractivity contribution in [2.75, 3.05) is 19.6 Å². The van der Waals surface area contributed by atoms with Crippen LogP contribution >= 0.6 is 23.2 Å². The Bertz CT molecular complexity index is 419. The third kappa shape index (κ3) is 3.48. The second-order valence-corrected chi connectivity index (χ2v) is 8.76. The van der Waals surface area contributed by atoms with Crippen LogP contribution in [-0.4, -0.2) is 58.2 Å². The van der Waals surface area contributed by atoms with E-state index in [0.29, 0.717) is 24.5 Å². The van der Waals surface area contributed by atoms with Crippen molar-refractivity contribution < 1.29 is 4.79 Å². The highest BCUT2D eigenvalue weighted by molar-refractivity contribution is 6.30. The number of carbonyl (C=O) groups excluding carboxylic acids is 1. The summed E-state index contributed by atoms with van der Waals surface area (Å²) in [4.78, 5) is 17.8. The van der Waals surface area contributed by atoms with Gasteiger partial charge in [-0.05, 0) is 51.5 Å². The van der Waals surface area contributed by atoms with E-state index >= 15 is 0 Å². The van der Waals surface area contributed by atoms with E-state index in [4.69, 9.17) is 23.2 Å². The van der Waals surface area contributed by atoms with Crippen LogP contribution in [0.3, 0.4) is 0 Å². The lowest BCUT2D eigenvalue weighted by molar-refractivity contribution is -0.126. The van der Waals surface area contributed by atoms with E-state index in [-0.39, 0.29) is 16.7 Å². The van der Waals surface area contributed by atoms with Crippen LogP contribution in [0.4, 0.5) is 0 Å². The SMILES string of the molecule is CC1CCN2CC(C)N(CC(=O)C3CCC(Cl)C(Cl)C3)C2C1. The van der Waals surface area contributed by atoms with Crippen molar-refractivity contribution >= 4 is 29.0 Å². The fourth-order valence-electron chi connectivity index (χ4n) is 4.40. The predicted molar refractivity (Wildman–Crippen MR) is 91.6 cm³/mol. The van der Waals surface area contributed by atoms with Gasteiger partial charge in [0.05, 0.1) is 18.1 Å². The van der Waals surface area contributed by atoms with Crippen LogP contribution in [-0.2, 0) is 4.79 Å². The maximum Gasteiger partial charge on any atom is 0.150 e. The van der Waals surface area contributed by atoms with E-state index in [1.54, 1.807) is 0 Å². The lowest BCUT2D eigenvalue weighted by Crippen LogP contribution is -2.48. The first-order chi connectivity index (χ1) is 10.5. The number of piperidine rings is 1. The van der Waals surface area contributed by atoms with Crippen LogP contribution in [0.2, 0.25) is 0 Å². The van der Waals surface area contributed by atoms with Crippen LogP contribution in [0.5, 0.6) is 0 Å². The van der Waals surface area contributed by atoms with E-state index < -0.39 is 0 Å². The summed E-state index contributed by atoms with van der Waals surface area (Å²) in [5.74, 6) is 1.25. The van der Waals surface area contributed by atoms with E-state index in [2.05, 4.69) is 23.6 Å². The summed E-state index contributed by atoms with van der Waals surface area (Å²) in [5.41, 5.74) is 0. The highest BCUT2D eigenvalue weighted by atomic mass is 35.5. The quantitative estimate of drug-likeness (QED) is 0.732. The van der Waals surface area contributed by atoms with Gasteiger partial charge < -0.3 is 0 Å². The van der Waals surface area contributed by atoms with Gasteiger partial charge >= 0.3 is 0 Å². The van der Waals surface area contributed by atoms with E-state index in [1.165, 1.54) is 19.4 Å².